The van der Waals surface area contributed by atoms with Gasteiger partial charge in [-0.3, -0.25) is 0 Å². The molecule has 47 heavy (non-hydrogen) atoms. The zero-order chi connectivity index (χ0) is 31.5. The quantitative estimate of drug-likeness (QED) is 0.201. The van der Waals surface area contributed by atoms with Gasteiger partial charge in [-0.15, -0.1) is 0 Å². The second kappa shape index (κ2) is 10.6. The minimum atomic E-state index is -0.158. The summed E-state index contributed by atoms with van der Waals surface area (Å²) in [7, 11) is 0. The molecule has 0 saturated carbocycles. The van der Waals surface area contributed by atoms with Gasteiger partial charge in [0.25, 0.3) is 0 Å². The second-order valence-corrected chi connectivity index (χ2v) is 12.9. The van der Waals surface area contributed by atoms with Gasteiger partial charge < -0.3 is 0 Å². The molecule has 9 rings (SSSR count). The maximum Gasteiger partial charge on any atom is 0.164 e. The Bertz CT molecular complexity index is 2480. The third-order valence-corrected chi connectivity index (χ3v) is 9.69. The van der Waals surface area contributed by atoms with Gasteiger partial charge in [0.15, 0.2) is 17.5 Å². The number of aromatic nitrogens is 3. The molecule has 0 aliphatic heterocycles. The Kier molecular flexibility index (Phi) is 6.16. The van der Waals surface area contributed by atoms with Crippen LogP contribution in [0.3, 0.4) is 0 Å². The van der Waals surface area contributed by atoms with Crippen LogP contribution in [0.15, 0.2) is 152 Å². The summed E-state index contributed by atoms with van der Waals surface area (Å²) >= 11 is 0. The minimum absolute atomic E-state index is 0.158. The highest BCUT2D eigenvalue weighted by Gasteiger charge is 2.36. The summed E-state index contributed by atoms with van der Waals surface area (Å²) < 4.78 is 0. The summed E-state index contributed by atoms with van der Waals surface area (Å²) in [5, 5.41) is 4.88. The zero-order valence-corrected chi connectivity index (χ0v) is 26.3. The zero-order valence-electron chi connectivity index (χ0n) is 26.3. The average molecular weight is 602 g/mol. The van der Waals surface area contributed by atoms with E-state index in [-0.39, 0.29) is 5.41 Å². The fourth-order valence-electron chi connectivity index (χ4n) is 7.09. The molecular formula is C44H31N3. The lowest BCUT2D eigenvalue weighted by Gasteiger charge is -2.22. The topological polar surface area (TPSA) is 38.7 Å². The van der Waals surface area contributed by atoms with E-state index in [1.807, 2.05) is 6.07 Å². The van der Waals surface area contributed by atoms with E-state index < -0.39 is 0 Å². The Labute approximate surface area is 274 Å². The van der Waals surface area contributed by atoms with Crippen molar-refractivity contribution < 1.29 is 0 Å². The van der Waals surface area contributed by atoms with E-state index in [4.69, 9.17) is 15.0 Å². The molecule has 222 valence electrons. The lowest BCUT2D eigenvalue weighted by atomic mass is 9.81. The highest BCUT2D eigenvalue weighted by Crippen LogP contribution is 2.50. The molecule has 0 radical (unpaired) electrons. The van der Waals surface area contributed by atoms with Gasteiger partial charge in [-0.2, -0.15) is 0 Å². The van der Waals surface area contributed by atoms with E-state index >= 15 is 0 Å². The largest absolute Gasteiger partial charge is 0.208 e. The third kappa shape index (κ3) is 4.62. The van der Waals surface area contributed by atoms with Gasteiger partial charge in [0.05, 0.1) is 0 Å². The first-order valence-corrected chi connectivity index (χ1v) is 16.1. The van der Waals surface area contributed by atoms with Crippen molar-refractivity contribution in [2.24, 2.45) is 0 Å². The van der Waals surface area contributed by atoms with Crippen molar-refractivity contribution in [1.29, 1.82) is 0 Å². The fourth-order valence-corrected chi connectivity index (χ4v) is 7.09. The van der Waals surface area contributed by atoms with Crippen molar-refractivity contribution in [3.05, 3.63) is 163 Å². The molecule has 0 amide bonds. The fraction of sp³-hybridized carbons (Fsp3) is 0.0682. The Morgan fingerprint density at radius 3 is 1.51 bits per heavy atom. The van der Waals surface area contributed by atoms with Crippen LogP contribution in [-0.4, -0.2) is 15.0 Å². The second-order valence-electron chi connectivity index (χ2n) is 12.9. The van der Waals surface area contributed by atoms with Crippen LogP contribution in [-0.2, 0) is 5.41 Å². The summed E-state index contributed by atoms with van der Waals surface area (Å²) in [4.78, 5) is 15.3. The number of nitrogens with zero attached hydrogens (tertiary/aromatic N) is 3. The molecule has 0 spiro atoms. The molecule has 0 unspecified atom stereocenters. The van der Waals surface area contributed by atoms with Gasteiger partial charge in [-0.1, -0.05) is 141 Å². The Balaban J connectivity index is 1.19. The van der Waals surface area contributed by atoms with Crippen LogP contribution in [0.1, 0.15) is 25.0 Å². The smallest absolute Gasteiger partial charge is 0.164 e. The van der Waals surface area contributed by atoms with Gasteiger partial charge in [0.1, 0.15) is 0 Å². The van der Waals surface area contributed by atoms with Crippen LogP contribution in [0.2, 0.25) is 0 Å². The Morgan fingerprint density at radius 2 is 0.809 bits per heavy atom. The van der Waals surface area contributed by atoms with Crippen LogP contribution in [0.5, 0.6) is 0 Å². The molecule has 0 atom stereocenters. The third-order valence-electron chi connectivity index (χ3n) is 9.69. The molecule has 0 saturated heterocycles. The first kappa shape index (κ1) is 27.4. The molecule has 1 heterocycles. The summed E-state index contributed by atoms with van der Waals surface area (Å²) in [6, 6.07) is 53.8. The molecule has 3 nitrogen and oxygen atoms in total. The van der Waals surface area contributed by atoms with E-state index in [1.54, 1.807) is 0 Å². The van der Waals surface area contributed by atoms with E-state index in [9.17, 15) is 0 Å². The van der Waals surface area contributed by atoms with Crippen molar-refractivity contribution >= 4 is 21.5 Å². The van der Waals surface area contributed by atoms with Crippen molar-refractivity contribution in [3.63, 3.8) is 0 Å². The van der Waals surface area contributed by atoms with Gasteiger partial charge in [0, 0.05) is 22.1 Å². The van der Waals surface area contributed by atoms with Crippen LogP contribution >= 0.6 is 0 Å². The van der Waals surface area contributed by atoms with Crippen molar-refractivity contribution in [2.45, 2.75) is 19.3 Å². The first-order chi connectivity index (χ1) is 23.0. The molecule has 0 bridgehead atoms. The maximum atomic E-state index is 5.12. The summed E-state index contributed by atoms with van der Waals surface area (Å²) in [6.45, 7) is 4.65. The molecular weight excluding hydrogens is 571 g/mol. The normalized spacial score (nSPS) is 13.1. The van der Waals surface area contributed by atoms with Gasteiger partial charge in [-0.05, 0) is 79.2 Å². The van der Waals surface area contributed by atoms with E-state index in [2.05, 4.69) is 159 Å². The summed E-state index contributed by atoms with van der Waals surface area (Å²) in [6.07, 6.45) is 0. The Hall–Kier alpha value is -5.93. The van der Waals surface area contributed by atoms with Gasteiger partial charge >= 0.3 is 0 Å². The predicted molar refractivity (Wildman–Crippen MR) is 194 cm³/mol. The SMILES string of the molecule is CC1(C)c2cc(-c3nc(-c4ccc(-c5ccccc5)cc4)nc(-c4ccc5ccccc5c4)n3)ccc2-c2cc3ccccc3cc21. The van der Waals surface area contributed by atoms with Gasteiger partial charge in [0.2, 0.25) is 0 Å². The van der Waals surface area contributed by atoms with Crippen LogP contribution in [0, 0.1) is 0 Å². The Morgan fingerprint density at radius 1 is 0.340 bits per heavy atom. The molecule has 1 aromatic heterocycles. The maximum absolute atomic E-state index is 5.12. The number of fused-ring (bicyclic) bond motifs is 5. The van der Waals surface area contributed by atoms with Crippen molar-refractivity contribution in [1.82, 2.24) is 15.0 Å². The van der Waals surface area contributed by atoms with Crippen LogP contribution < -0.4 is 0 Å². The minimum Gasteiger partial charge on any atom is -0.208 e. The molecule has 8 aromatic rings. The number of hydrogen-bond donors (Lipinski definition) is 0. The highest BCUT2D eigenvalue weighted by molar-refractivity contribution is 5.94. The van der Waals surface area contributed by atoms with Crippen molar-refractivity contribution in [2.75, 3.05) is 0 Å². The van der Waals surface area contributed by atoms with E-state index in [0.29, 0.717) is 17.5 Å². The first-order valence-electron chi connectivity index (χ1n) is 16.1. The molecule has 1 aliphatic carbocycles. The average Bonchev–Trinajstić information content (AvgIpc) is 3.35. The van der Waals surface area contributed by atoms with Gasteiger partial charge in [-0.25, -0.2) is 15.0 Å². The monoisotopic (exact) mass is 601 g/mol. The molecule has 3 heteroatoms. The van der Waals surface area contributed by atoms with Crippen LogP contribution in [0.25, 0.3) is 78.0 Å². The summed E-state index contributed by atoms with van der Waals surface area (Å²) in [5.74, 6) is 1.99. The predicted octanol–water partition coefficient (Wildman–Crippen LogP) is 11.2. The lowest BCUT2D eigenvalue weighted by Crippen LogP contribution is -2.15. The lowest BCUT2D eigenvalue weighted by molar-refractivity contribution is 0.661. The number of rotatable bonds is 4. The van der Waals surface area contributed by atoms with E-state index in [1.165, 1.54) is 44.0 Å². The molecule has 0 fully saturated rings. The van der Waals surface area contributed by atoms with Crippen molar-refractivity contribution in [3.8, 4) is 56.4 Å². The van der Waals surface area contributed by atoms with E-state index in [0.717, 1.165) is 27.6 Å². The summed E-state index contributed by atoms with van der Waals surface area (Å²) in [5.41, 5.74) is 10.3. The standard InChI is InChI=1S/C44H31N3/c1-44(2)39-27-36(22-23-37(39)38-25-33-14-8-9-15-34(33)26-40(38)44)43-46-41(31-19-16-30(17-20-31)28-10-4-3-5-11-28)45-42(47-43)35-21-18-29-12-6-7-13-32(29)24-35/h3-27H,1-2H3. The van der Waals surface area contributed by atoms with Crippen LogP contribution in [0.4, 0.5) is 0 Å². The highest BCUT2D eigenvalue weighted by atomic mass is 15.0. The number of hydrogen-bond acceptors (Lipinski definition) is 3. The molecule has 1 aliphatic rings. The number of benzene rings is 7. The molecule has 0 N–H and O–H groups in total. The molecule has 7 aromatic carbocycles.